The standard InChI is InChI=1S/C13H10ClN3O4/c14-8-3-1-2-7(4-8)9-5-15-12(20)11(17-9)13(21)16-6-10(18)19/h1-5H,6H2,(H,15,20)(H,16,21)(H,18,19). The molecule has 2 aromatic rings. The van der Waals surface area contributed by atoms with Crippen LogP contribution >= 0.6 is 11.6 Å². The molecule has 0 spiro atoms. The summed E-state index contributed by atoms with van der Waals surface area (Å²) in [5.41, 5.74) is -0.152. The zero-order valence-corrected chi connectivity index (χ0v) is 11.3. The predicted octanol–water partition coefficient (Wildman–Crippen LogP) is 0.905. The van der Waals surface area contributed by atoms with Gasteiger partial charge < -0.3 is 15.4 Å². The number of halogens is 1. The number of carbonyl (C=O) groups is 2. The molecule has 7 nitrogen and oxygen atoms in total. The summed E-state index contributed by atoms with van der Waals surface area (Å²) in [6.07, 6.45) is 1.35. The molecule has 8 heteroatoms. The molecule has 2 rings (SSSR count). The molecular weight excluding hydrogens is 298 g/mol. The number of nitrogens with one attached hydrogen (secondary N) is 2. The fraction of sp³-hybridized carbons (Fsp3) is 0.0769. The molecule has 0 saturated carbocycles. The molecule has 0 saturated heterocycles. The number of carboxylic acid groups (broad SMARTS) is 1. The lowest BCUT2D eigenvalue weighted by atomic mass is 10.1. The Labute approximate surface area is 123 Å². The van der Waals surface area contributed by atoms with Gasteiger partial charge in [-0.2, -0.15) is 0 Å². The van der Waals surface area contributed by atoms with Gasteiger partial charge >= 0.3 is 5.97 Å². The van der Waals surface area contributed by atoms with Gasteiger partial charge in [-0.3, -0.25) is 14.4 Å². The number of carbonyl (C=O) groups excluding carboxylic acids is 1. The second-order valence-electron chi connectivity index (χ2n) is 4.05. The third kappa shape index (κ3) is 3.67. The summed E-state index contributed by atoms with van der Waals surface area (Å²) >= 11 is 5.87. The average molecular weight is 308 g/mol. The molecular formula is C13H10ClN3O4. The Morgan fingerprint density at radius 3 is 2.81 bits per heavy atom. The van der Waals surface area contributed by atoms with Crippen molar-refractivity contribution in [3.05, 3.63) is 51.5 Å². The van der Waals surface area contributed by atoms with Crippen LogP contribution in [0.2, 0.25) is 5.02 Å². The number of aromatic amines is 1. The van der Waals surface area contributed by atoms with Crippen molar-refractivity contribution in [3.8, 4) is 11.3 Å². The Morgan fingerprint density at radius 1 is 1.38 bits per heavy atom. The maximum absolute atomic E-state index is 11.7. The highest BCUT2D eigenvalue weighted by atomic mass is 35.5. The number of aliphatic carboxylic acids is 1. The van der Waals surface area contributed by atoms with Crippen molar-refractivity contribution in [2.24, 2.45) is 0 Å². The zero-order chi connectivity index (χ0) is 15.4. The van der Waals surface area contributed by atoms with Gasteiger partial charge in [-0.25, -0.2) is 4.98 Å². The van der Waals surface area contributed by atoms with Gasteiger partial charge in [-0.05, 0) is 12.1 Å². The van der Waals surface area contributed by atoms with E-state index < -0.39 is 29.7 Å². The number of nitrogens with zero attached hydrogens (tertiary/aromatic N) is 1. The number of rotatable bonds is 4. The van der Waals surface area contributed by atoms with Crippen LogP contribution in [0.5, 0.6) is 0 Å². The number of H-pyrrole nitrogens is 1. The fourth-order valence-electron chi connectivity index (χ4n) is 1.59. The predicted molar refractivity (Wildman–Crippen MR) is 75.3 cm³/mol. The van der Waals surface area contributed by atoms with E-state index in [9.17, 15) is 14.4 Å². The molecule has 1 amide bonds. The SMILES string of the molecule is O=C(O)CNC(=O)c1nc(-c2cccc(Cl)c2)c[nH]c1=O. The summed E-state index contributed by atoms with van der Waals surface area (Å²) in [6, 6.07) is 6.72. The molecule has 0 radical (unpaired) electrons. The molecule has 0 fully saturated rings. The van der Waals surface area contributed by atoms with Gasteiger partial charge in [0.05, 0.1) is 5.69 Å². The smallest absolute Gasteiger partial charge is 0.322 e. The van der Waals surface area contributed by atoms with Crippen LogP contribution in [0.1, 0.15) is 10.5 Å². The Morgan fingerprint density at radius 2 is 2.14 bits per heavy atom. The van der Waals surface area contributed by atoms with Crippen LogP contribution in [-0.2, 0) is 4.79 Å². The van der Waals surface area contributed by atoms with E-state index in [1.807, 2.05) is 0 Å². The van der Waals surface area contributed by atoms with Crippen molar-refractivity contribution in [2.75, 3.05) is 6.54 Å². The monoisotopic (exact) mass is 307 g/mol. The zero-order valence-electron chi connectivity index (χ0n) is 10.6. The van der Waals surface area contributed by atoms with Crippen LogP contribution in [0.25, 0.3) is 11.3 Å². The molecule has 108 valence electrons. The Balaban J connectivity index is 2.35. The molecule has 0 unspecified atom stereocenters. The first-order valence-corrected chi connectivity index (χ1v) is 6.21. The van der Waals surface area contributed by atoms with Crippen LogP contribution in [0, 0.1) is 0 Å². The van der Waals surface area contributed by atoms with Gasteiger partial charge in [0.25, 0.3) is 11.5 Å². The topological polar surface area (TPSA) is 112 Å². The van der Waals surface area contributed by atoms with Crippen LogP contribution in [0.4, 0.5) is 0 Å². The minimum absolute atomic E-state index is 0.345. The van der Waals surface area contributed by atoms with Gasteiger partial charge in [0.1, 0.15) is 6.54 Å². The lowest BCUT2D eigenvalue weighted by Crippen LogP contribution is -2.34. The largest absolute Gasteiger partial charge is 0.480 e. The number of benzene rings is 1. The second kappa shape index (κ2) is 6.19. The minimum atomic E-state index is -1.22. The summed E-state index contributed by atoms with van der Waals surface area (Å²) in [5, 5.41) is 11.1. The summed E-state index contributed by atoms with van der Waals surface area (Å²) in [7, 11) is 0. The van der Waals surface area contributed by atoms with Crippen molar-refractivity contribution in [3.63, 3.8) is 0 Å². The number of carboxylic acids is 1. The van der Waals surface area contributed by atoms with Crippen LogP contribution in [0.15, 0.2) is 35.3 Å². The van der Waals surface area contributed by atoms with Gasteiger partial charge in [-0.1, -0.05) is 23.7 Å². The molecule has 21 heavy (non-hydrogen) atoms. The van der Waals surface area contributed by atoms with E-state index in [-0.39, 0.29) is 0 Å². The Hall–Kier alpha value is -2.67. The number of amides is 1. The first-order valence-electron chi connectivity index (χ1n) is 5.83. The lowest BCUT2D eigenvalue weighted by Gasteiger charge is -2.04. The van der Waals surface area contributed by atoms with Crippen LogP contribution in [-0.4, -0.2) is 33.5 Å². The van der Waals surface area contributed by atoms with Gasteiger partial charge in [0.15, 0.2) is 5.69 Å². The molecule has 0 aliphatic heterocycles. The molecule has 0 aliphatic rings. The highest BCUT2D eigenvalue weighted by molar-refractivity contribution is 6.30. The Bertz CT molecular complexity index is 757. The molecule has 1 heterocycles. The van der Waals surface area contributed by atoms with Gasteiger partial charge in [0, 0.05) is 16.8 Å². The summed E-state index contributed by atoms with van der Waals surface area (Å²) < 4.78 is 0. The van der Waals surface area contributed by atoms with E-state index in [0.29, 0.717) is 16.3 Å². The van der Waals surface area contributed by atoms with E-state index >= 15 is 0 Å². The van der Waals surface area contributed by atoms with E-state index in [1.165, 1.54) is 6.20 Å². The van der Waals surface area contributed by atoms with Crippen molar-refractivity contribution in [1.29, 1.82) is 0 Å². The van der Waals surface area contributed by atoms with E-state index in [2.05, 4.69) is 15.3 Å². The first kappa shape index (κ1) is 14.7. The van der Waals surface area contributed by atoms with E-state index in [0.717, 1.165) is 0 Å². The normalized spacial score (nSPS) is 10.1. The molecule has 0 atom stereocenters. The number of hydrogen-bond donors (Lipinski definition) is 3. The van der Waals surface area contributed by atoms with Crippen molar-refractivity contribution in [1.82, 2.24) is 15.3 Å². The fourth-order valence-corrected chi connectivity index (χ4v) is 1.79. The lowest BCUT2D eigenvalue weighted by molar-refractivity contribution is -0.135. The molecule has 1 aromatic carbocycles. The number of aromatic nitrogens is 2. The quantitative estimate of drug-likeness (QED) is 0.777. The summed E-state index contributed by atoms with van der Waals surface area (Å²) in [6.45, 7) is -0.596. The second-order valence-corrected chi connectivity index (χ2v) is 4.49. The van der Waals surface area contributed by atoms with Crippen molar-refractivity contribution in [2.45, 2.75) is 0 Å². The summed E-state index contributed by atoms with van der Waals surface area (Å²) in [5.74, 6) is -2.08. The van der Waals surface area contributed by atoms with E-state index in [4.69, 9.17) is 16.7 Å². The van der Waals surface area contributed by atoms with E-state index in [1.54, 1.807) is 24.3 Å². The highest BCUT2D eigenvalue weighted by Crippen LogP contribution is 2.19. The Kier molecular flexibility index (Phi) is 4.34. The third-order valence-electron chi connectivity index (χ3n) is 2.52. The minimum Gasteiger partial charge on any atom is -0.480 e. The average Bonchev–Trinajstić information content (AvgIpc) is 2.45. The molecule has 0 aliphatic carbocycles. The summed E-state index contributed by atoms with van der Waals surface area (Å²) in [4.78, 5) is 40.1. The van der Waals surface area contributed by atoms with Crippen LogP contribution in [0.3, 0.4) is 0 Å². The maximum atomic E-state index is 11.7. The molecule has 1 aromatic heterocycles. The van der Waals surface area contributed by atoms with Gasteiger partial charge in [0.2, 0.25) is 0 Å². The van der Waals surface area contributed by atoms with Crippen molar-refractivity contribution >= 4 is 23.5 Å². The van der Waals surface area contributed by atoms with Crippen LogP contribution < -0.4 is 10.9 Å². The molecule has 0 bridgehead atoms. The van der Waals surface area contributed by atoms with Gasteiger partial charge in [-0.15, -0.1) is 0 Å². The highest BCUT2D eigenvalue weighted by Gasteiger charge is 2.15. The molecule has 3 N–H and O–H groups in total. The maximum Gasteiger partial charge on any atom is 0.322 e. The first-order chi connectivity index (χ1) is 9.97. The number of hydrogen-bond acceptors (Lipinski definition) is 4. The van der Waals surface area contributed by atoms with Crippen molar-refractivity contribution < 1.29 is 14.7 Å². The third-order valence-corrected chi connectivity index (χ3v) is 2.76.